The Balaban J connectivity index is 1.44. The number of hydrogen-bond acceptors (Lipinski definition) is 9. The first-order chi connectivity index (χ1) is 19.3. The van der Waals surface area contributed by atoms with Crippen LogP contribution in [0, 0.1) is 5.92 Å². The van der Waals surface area contributed by atoms with Crippen LogP contribution in [0.5, 0.6) is 17.2 Å². The number of carbonyl (C=O) groups excluding carboxylic acids is 2. The second-order valence-corrected chi connectivity index (χ2v) is 10.4. The van der Waals surface area contributed by atoms with E-state index in [4.69, 9.17) is 25.8 Å². The molecule has 202 valence electrons. The van der Waals surface area contributed by atoms with Crippen LogP contribution < -0.4 is 25.1 Å². The largest absolute Gasteiger partial charge is 0.496 e. The van der Waals surface area contributed by atoms with E-state index in [1.807, 2.05) is 18.2 Å². The number of aromatic amines is 1. The normalized spacial score (nSPS) is 23.0. The van der Waals surface area contributed by atoms with E-state index in [9.17, 15) is 14.4 Å². The second kappa shape index (κ2) is 8.43. The van der Waals surface area contributed by atoms with Crippen LogP contribution in [0.2, 0.25) is 5.02 Å². The summed E-state index contributed by atoms with van der Waals surface area (Å²) in [5, 5.41) is 8.36. The Labute approximate surface area is 231 Å². The van der Waals surface area contributed by atoms with Gasteiger partial charge in [0.15, 0.2) is 5.75 Å². The summed E-state index contributed by atoms with van der Waals surface area (Å²) in [6.07, 6.45) is 1.60. The Morgan fingerprint density at radius 3 is 2.65 bits per heavy atom. The van der Waals surface area contributed by atoms with Crippen LogP contribution in [0.25, 0.3) is 10.9 Å². The molecule has 40 heavy (non-hydrogen) atoms. The van der Waals surface area contributed by atoms with Gasteiger partial charge in [-0.2, -0.15) is 10.1 Å². The van der Waals surface area contributed by atoms with Crippen molar-refractivity contribution in [3.8, 4) is 17.2 Å². The highest BCUT2D eigenvalue weighted by molar-refractivity contribution is 6.36. The van der Waals surface area contributed by atoms with Crippen molar-refractivity contribution in [2.75, 3.05) is 19.5 Å². The van der Waals surface area contributed by atoms with Crippen molar-refractivity contribution in [1.29, 1.82) is 0 Å². The number of anilines is 1. The molecule has 0 fully saturated rings. The highest BCUT2D eigenvalue weighted by Gasteiger charge is 2.63. The first-order valence-corrected chi connectivity index (χ1v) is 12.9. The fraction of sp³-hybridized carbons (Fsp3) is 0.250. The molecule has 12 heteroatoms. The molecular formula is C28H22ClN5O6. The van der Waals surface area contributed by atoms with Crippen LogP contribution in [0.4, 0.5) is 5.95 Å². The number of aromatic nitrogens is 4. The number of H-pyrrole nitrogens is 1. The molecule has 11 nitrogen and oxygen atoms in total. The van der Waals surface area contributed by atoms with Crippen LogP contribution in [-0.4, -0.2) is 51.1 Å². The fourth-order valence-corrected chi connectivity index (χ4v) is 6.31. The predicted octanol–water partition coefficient (Wildman–Crippen LogP) is 3.68. The Hall–Kier alpha value is -4.64. The molecule has 1 aliphatic carbocycles. The molecule has 2 aliphatic heterocycles. The zero-order valence-electron chi connectivity index (χ0n) is 21.6. The number of nitrogens with zero attached hydrogens (tertiary/aromatic N) is 3. The number of carbonyl (C=O) groups is 2. The van der Waals surface area contributed by atoms with Gasteiger partial charge >= 0.3 is 0 Å². The van der Waals surface area contributed by atoms with Crippen molar-refractivity contribution in [3.63, 3.8) is 0 Å². The van der Waals surface area contributed by atoms with Gasteiger partial charge in [0, 0.05) is 34.3 Å². The molecule has 0 radical (unpaired) electrons. The van der Waals surface area contributed by atoms with Crippen molar-refractivity contribution < 1.29 is 23.8 Å². The topological polar surface area (TPSA) is 137 Å². The van der Waals surface area contributed by atoms with E-state index in [2.05, 4.69) is 20.4 Å². The molecule has 3 atom stereocenters. The van der Waals surface area contributed by atoms with Crippen LogP contribution in [0.15, 0.2) is 58.8 Å². The lowest BCUT2D eigenvalue weighted by molar-refractivity contribution is -0.130. The summed E-state index contributed by atoms with van der Waals surface area (Å²) in [6, 6.07) is 9.59. The molecule has 2 N–H and O–H groups in total. The maximum Gasteiger partial charge on any atom is 0.254 e. The average Bonchev–Trinajstić information content (AvgIpc) is 3.54. The van der Waals surface area contributed by atoms with Gasteiger partial charge in [-0.05, 0) is 23.9 Å². The maximum atomic E-state index is 14.7. The standard InChI is InChI=1S/C28H22ClN5O6/c1-12-8-16-19(24(35)28(12)25(36)20-17(38-2)10-18(39-3)21(29)23(20)40-28)22(34-27(33-16)30-11-31-34)14-9-13-6-4-5-7-15(13)32-26(14)37/h4-7,9-12,22H,8H2,1-3H3,(H,32,37)(H,30,31,33)/t12-,22?,28+/m1/s1. The molecule has 2 aromatic heterocycles. The molecule has 1 spiro atoms. The average molecular weight is 560 g/mol. The number of rotatable bonds is 3. The second-order valence-electron chi connectivity index (χ2n) is 9.99. The van der Waals surface area contributed by atoms with Gasteiger partial charge in [-0.25, -0.2) is 4.68 Å². The number of allylic oxidation sites excluding steroid dienone is 1. The monoisotopic (exact) mass is 559 g/mol. The van der Waals surface area contributed by atoms with Gasteiger partial charge in [0.25, 0.3) is 5.56 Å². The van der Waals surface area contributed by atoms with Crippen LogP contribution in [0.3, 0.4) is 0 Å². The lowest BCUT2D eigenvalue weighted by atomic mass is 9.69. The minimum absolute atomic E-state index is 0.0254. The fourth-order valence-electron chi connectivity index (χ4n) is 6.04. The van der Waals surface area contributed by atoms with Crippen LogP contribution in [-0.2, 0) is 4.79 Å². The summed E-state index contributed by atoms with van der Waals surface area (Å²) in [5.41, 5.74) is -0.592. The number of benzene rings is 2. The summed E-state index contributed by atoms with van der Waals surface area (Å²) in [5.74, 6) is -0.941. The third kappa shape index (κ3) is 3.03. The molecule has 1 unspecified atom stereocenters. The van der Waals surface area contributed by atoms with E-state index < -0.39 is 34.7 Å². The number of Topliss-reactive ketones (excluding diaryl/α,β-unsaturated/α-hetero) is 2. The van der Waals surface area contributed by atoms with Crippen LogP contribution in [0.1, 0.15) is 35.3 Å². The number of nitrogens with one attached hydrogen (secondary N) is 2. The van der Waals surface area contributed by atoms with Crippen molar-refractivity contribution in [2.24, 2.45) is 5.92 Å². The third-order valence-corrected chi connectivity index (χ3v) is 8.32. The number of ether oxygens (including phenoxy) is 3. The van der Waals surface area contributed by atoms with Gasteiger partial charge in [-0.3, -0.25) is 14.4 Å². The molecule has 4 heterocycles. The van der Waals surface area contributed by atoms with Gasteiger partial charge in [0.1, 0.15) is 34.5 Å². The number of halogens is 1. The number of hydrogen-bond donors (Lipinski definition) is 2. The molecule has 3 aliphatic rings. The van der Waals surface area contributed by atoms with E-state index in [0.29, 0.717) is 17.2 Å². The van der Waals surface area contributed by atoms with Crippen molar-refractivity contribution in [1.82, 2.24) is 19.7 Å². The van der Waals surface area contributed by atoms with E-state index in [1.165, 1.54) is 31.3 Å². The Kier molecular flexibility index (Phi) is 5.14. The predicted molar refractivity (Wildman–Crippen MR) is 144 cm³/mol. The molecule has 0 saturated heterocycles. The molecule has 2 aromatic carbocycles. The van der Waals surface area contributed by atoms with Gasteiger partial charge in [0.05, 0.1) is 14.2 Å². The Morgan fingerprint density at radius 2 is 1.88 bits per heavy atom. The number of ketones is 2. The molecule has 0 bridgehead atoms. The smallest absolute Gasteiger partial charge is 0.254 e. The van der Waals surface area contributed by atoms with Gasteiger partial charge in [-0.15, -0.1) is 0 Å². The summed E-state index contributed by atoms with van der Waals surface area (Å²) < 4.78 is 18.6. The zero-order valence-corrected chi connectivity index (χ0v) is 22.3. The van der Waals surface area contributed by atoms with Crippen LogP contribution >= 0.6 is 11.6 Å². The number of fused-ring (bicyclic) bond motifs is 3. The Bertz CT molecular complexity index is 1880. The molecule has 0 saturated carbocycles. The summed E-state index contributed by atoms with van der Waals surface area (Å²) in [6.45, 7) is 1.77. The maximum absolute atomic E-state index is 14.7. The molecular weight excluding hydrogens is 538 g/mol. The van der Waals surface area contributed by atoms with Gasteiger partial charge in [-0.1, -0.05) is 36.7 Å². The minimum atomic E-state index is -1.94. The summed E-state index contributed by atoms with van der Waals surface area (Å²) in [4.78, 5) is 49.5. The summed E-state index contributed by atoms with van der Waals surface area (Å²) >= 11 is 6.58. The highest BCUT2D eigenvalue weighted by atomic mass is 35.5. The van der Waals surface area contributed by atoms with Gasteiger partial charge < -0.3 is 24.5 Å². The van der Waals surface area contributed by atoms with Gasteiger partial charge in [0.2, 0.25) is 23.1 Å². The van der Waals surface area contributed by atoms with E-state index in [1.54, 1.807) is 19.1 Å². The lowest BCUT2D eigenvalue weighted by Gasteiger charge is -2.41. The first-order valence-electron chi connectivity index (χ1n) is 12.5. The lowest BCUT2D eigenvalue weighted by Crippen LogP contribution is -2.58. The molecule has 0 amide bonds. The third-order valence-electron chi connectivity index (χ3n) is 7.96. The van der Waals surface area contributed by atoms with Crippen molar-refractivity contribution in [3.05, 3.63) is 80.5 Å². The molecule has 7 rings (SSSR count). The van der Waals surface area contributed by atoms with E-state index >= 15 is 0 Å². The quantitative estimate of drug-likeness (QED) is 0.360. The number of methoxy groups -OCH3 is 2. The van der Waals surface area contributed by atoms with E-state index in [0.717, 1.165) is 5.39 Å². The van der Waals surface area contributed by atoms with Crippen molar-refractivity contribution in [2.45, 2.75) is 25.0 Å². The van der Waals surface area contributed by atoms with E-state index in [-0.39, 0.29) is 45.4 Å². The Morgan fingerprint density at radius 1 is 1.10 bits per heavy atom. The number of para-hydroxylation sites is 1. The highest BCUT2D eigenvalue weighted by Crippen LogP contribution is 2.55. The molecule has 4 aromatic rings. The minimum Gasteiger partial charge on any atom is -0.496 e. The first kappa shape index (κ1) is 24.4. The number of pyridine rings is 1. The zero-order chi connectivity index (χ0) is 27.9. The van der Waals surface area contributed by atoms with Crippen molar-refractivity contribution >= 4 is 40.0 Å². The summed E-state index contributed by atoms with van der Waals surface area (Å²) in [7, 11) is 2.84. The SMILES string of the molecule is COc1cc(OC)c2c(c1Cl)O[C@@]1(C(=O)C3=C(C[C@H]1C)Nc1ncnn1C3c1cc3ccccc3[nH]c1=O)C2=O.